The highest BCUT2D eigenvalue weighted by atomic mass is 16.5. The molecule has 0 bridgehead atoms. The summed E-state index contributed by atoms with van der Waals surface area (Å²) in [5.41, 5.74) is 0. The first-order valence-corrected chi connectivity index (χ1v) is 2.46. The Morgan fingerprint density at radius 1 is 1.38 bits per heavy atom. The van der Waals surface area contributed by atoms with Crippen LogP contribution in [0.3, 0.4) is 0 Å². The maximum absolute atomic E-state index is 4.65. The summed E-state index contributed by atoms with van der Waals surface area (Å²) in [5, 5.41) is 0. The molecule has 0 rings (SSSR count). The van der Waals surface area contributed by atoms with Gasteiger partial charge in [-0.15, -0.1) is 0 Å². The van der Waals surface area contributed by atoms with E-state index in [2.05, 4.69) is 4.74 Å². The normalized spacial score (nSPS) is 9.38. The fraction of sp³-hybridized carbons (Fsp3) is 0.500. The van der Waals surface area contributed by atoms with Crippen LogP contribution in [-0.4, -0.2) is 32.0 Å². The molecule has 0 aromatic carbocycles. The van der Waals surface area contributed by atoms with Gasteiger partial charge in [0.25, 0.3) is 0 Å². The molecule has 0 unspecified atom stereocenters. The Bertz CT molecular complexity index is 101. The molecule has 0 N–H and O–H groups in total. The van der Waals surface area contributed by atoms with E-state index in [1.54, 1.807) is 13.4 Å². The van der Waals surface area contributed by atoms with E-state index in [-0.39, 0.29) is 0 Å². The molecule has 0 saturated heterocycles. The predicted molar refractivity (Wildman–Crippen MR) is 34.3 cm³/mol. The minimum absolute atomic E-state index is 1.62. The quantitative estimate of drug-likeness (QED) is 0.289. The zero-order chi connectivity index (χ0) is 6.41. The van der Waals surface area contributed by atoms with Crippen molar-refractivity contribution in [3.05, 3.63) is 12.3 Å². The summed E-state index contributed by atoms with van der Waals surface area (Å²) < 4.78 is 6.59. The smallest absolute Gasteiger partial charge is 0.165 e. The van der Waals surface area contributed by atoms with Crippen LogP contribution in [0, 0.1) is 0 Å². The second kappa shape index (κ2) is 4.37. The summed E-state index contributed by atoms with van der Waals surface area (Å²) >= 11 is 0. The number of hydrogen-bond donors (Lipinski definition) is 0. The molecule has 0 amide bonds. The standard InChI is InChI=1S/C6H12NO/c1-7(2)5-4-6-8-3/h4-6H,1-3H3/q+1. The van der Waals surface area contributed by atoms with Crippen LogP contribution in [0.5, 0.6) is 0 Å². The lowest BCUT2D eigenvalue weighted by Gasteiger charge is -1.80. The molecule has 0 heterocycles. The van der Waals surface area contributed by atoms with Crippen LogP contribution < -0.4 is 0 Å². The molecule has 0 aliphatic rings. The fourth-order valence-electron chi connectivity index (χ4n) is 0.286. The highest BCUT2D eigenvalue weighted by molar-refractivity contribution is 5.65. The van der Waals surface area contributed by atoms with Crippen molar-refractivity contribution in [1.82, 2.24) is 0 Å². The number of rotatable bonds is 2. The van der Waals surface area contributed by atoms with Gasteiger partial charge in [-0.2, -0.15) is 0 Å². The summed E-state index contributed by atoms with van der Waals surface area (Å²) in [7, 11) is 5.54. The third-order valence-corrected chi connectivity index (χ3v) is 0.599. The summed E-state index contributed by atoms with van der Waals surface area (Å²) in [6.45, 7) is 0. The molecule has 0 radical (unpaired) electrons. The Morgan fingerprint density at radius 2 is 2.00 bits per heavy atom. The van der Waals surface area contributed by atoms with Gasteiger partial charge >= 0.3 is 0 Å². The Labute approximate surface area is 50.1 Å². The first kappa shape index (κ1) is 7.21. The first-order chi connectivity index (χ1) is 3.77. The fourth-order valence-corrected chi connectivity index (χ4v) is 0.286. The van der Waals surface area contributed by atoms with Crippen LogP contribution >= 0.6 is 0 Å². The lowest BCUT2D eigenvalue weighted by Crippen LogP contribution is -1.95. The third kappa shape index (κ3) is 5.21. The molecule has 2 nitrogen and oxygen atoms in total. The van der Waals surface area contributed by atoms with Crippen molar-refractivity contribution >= 4 is 6.21 Å². The van der Waals surface area contributed by atoms with Crippen LogP contribution in [-0.2, 0) is 4.74 Å². The Morgan fingerprint density at radius 3 is 2.38 bits per heavy atom. The predicted octanol–water partition coefficient (Wildman–Crippen LogP) is 0.489. The van der Waals surface area contributed by atoms with Crippen molar-refractivity contribution < 1.29 is 9.31 Å². The SMILES string of the molecule is COC=CC=[N+](C)C. The molecule has 0 aromatic heterocycles. The van der Waals surface area contributed by atoms with Crippen molar-refractivity contribution in [3.63, 3.8) is 0 Å². The summed E-state index contributed by atoms with van der Waals surface area (Å²) in [4.78, 5) is 0. The van der Waals surface area contributed by atoms with Gasteiger partial charge < -0.3 is 4.74 Å². The van der Waals surface area contributed by atoms with Gasteiger partial charge in [0.05, 0.1) is 13.4 Å². The third-order valence-electron chi connectivity index (χ3n) is 0.599. The van der Waals surface area contributed by atoms with Gasteiger partial charge in [0.2, 0.25) is 0 Å². The largest absolute Gasteiger partial charge is 0.504 e. The molecule has 0 atom stereocenters. The van der Waals surface area contributed by atoms with Gasteiger partial charge in [-0.05, 0) is 0 Å². The van der Waals surface area contributed by atoms with E-state index in [1.807, 2.05) is 31.0 Å². The van der Waals surface area contributed by atoms with Crippen LogP contribution in [0.2, 0.25) is 0 Å². The lowest BCUT2D eigenvalue weighted by molar-refractivity contribution is -0.458. The lowest BCUT2D eigenvalue weighted by atomic mass is 10.7. The number of hydrogen-bond acceptors (Lipinski definition) is 1. The van der Waals surface area contributed by atoms with Crippen LogP contribution in [0.15, 0.2) is 12.3 Å². The molecule has 0 aliphatic heterocycles. The molecule has 0 fully saturated rings. The monoisotopic (exact) mass is 114 g/mol. The van der Waals surface area contributed by atoms with E-state index >= 15 is 0 Å². The highest BCUT2D eigenvalue weighted by Gasteiger charge is 1.72. The maximum Gasteiger partial charge on any atom is 0.165 e. The van der Waals surface area contributed by atoms with Crippen molar-refractivity contribution in [2.45, 2.75) is 0 Å². The topological polar surface area (TPSA) is 12.2 Å². The molecular weight excluding hydrogens is 102 g/mol. The van der Waals surface area contributed by atoms with Crippen molar-refractivity contribution in [2.75, 3.05) is 21.2 Å². The van der Waals surface area contributed by atoms with Crippen molar-refractivity contribution in [2.24, 2.45) is 0 Å². The van der Waals surface area contributed by atoms with Gasteiger partial charge in [0.1, 0.15) is 14.1 Å². The molecule has 46 valence electrons. The molecule has 0 aliphatic carbocycles. The minimum Gasteiger partial charge on any atom is -0.504 e. The van der Waals surface area contributed by atoms with Crippen LogP contribution in [0.25, 0.3) is 0 Å². The average Bonchev–Trinajstić information content (AvgIpc) is 1.66. The van der Waals surface area contributed by atoms with E-state index < -0.39 is 0 Å². The van der Waals surface area contributed by atoms with Gasteiger partial charge in [-0.3, -0.25) is 0 Å². The van der Waals surface area contributed by atoms with E-state index in [9.17, 15) is 0 Å². The van der Waals surface area contributed by atoms with Crippen LogP contribution in [0.1, 0.15) is 0 Å². The Hall–Kier alpha value is -0.790. The molecule has 8 heavy (non-hydrogen) atoms. The van der Waals surface area contributed by atoms with E-state index in [0.29, 0.717) is 0 Å². The van der Waals surface area contributed by atoms with Crippen LogP contribution in [0.4, 0.5) is 0 Å². The average molecular weight is 114 g/mol. The number of nitrogens with zero attached hydrogens (tertiary/aromatic N) is 1. The maximum atomic E-state index is 4.65. The molecular formula is C6H12NO+. The number of ether oxygens (including phenoxy) is 1. The van der Waals surface area contributed by atoms with Crippen molar-refractivity contribution in [1.29, 1.82) is 0 Å². The number of methoxy groups -OCH3 is 1. The van der Waals surface area contributed by atoms with Gasteiger partial charge in [0.15, 0.2) is 6.21 Å². The molecule has 0 aromatic rings. The Balaban J connectivity index is 3.42. The molecule has 0 spiro atoms. The van der Waals surface area contributed by atoms with Gasteiger partial charge in [-0.25, -0.2) is 4.58 Å². The Kier molecular flexibility index (Phi) is 3.94. The van der Waals surface area contributed by atoms with E-state index in [4.69, 9.17) is 0 Å². The molecule has 2 heteroatoms. The van der Waals surface area contributed by atoms with Crippen molar-refractivity contribution in [3.8, 4) is 0 Å². The number of allylic oxidation sites excluding steroid dienone is 1. The van der Waals surface area contributed by atoms with E-state index in [0.717, 1.165) is 0 Å². The first-order valence-electron chi connectivity index (χ1n) is 2.46. The molecule has 0 saturated carbocycles. The summed E-state index contributed by atoms with van der Waals surface area (Å²) in [5.74, 6) is 0. The second-order valence-corrected chi connectivity index (χ2v) is 1.68. The minimum atomic E-state index is 1.62. The summed E-state index contributed by atoms with van der Waals surface area (Å²) in [6.07, 6.45) is 5.36. The second-order valence-electron chi connectivity index (χ2n) is 1.68. The highest BCUT2D eigenvalue weighted by Crippen LogP contribution is 1.65. The zero-order valence-electron chi connectivity index (χ0n) is 5.59. The van der Waals surface area contributed by atoms with Gasteiger partial charge in [-0.1, -0.05) is 0 Å². The van der Waals surface area contributed by atoms with Gasteiger partial charge in [0, 0.05) is 6.08 Å². The zero-order valence-corrected chi connectivity index (χ0v) is 5.59. The summed E-state index contributed by atoms with van der Waals surface area (Å²) in [6, 6.07) is 0. The van der Waals surface area contributed by atoms with E-state index in [1.165, 1.54) is 0 Å².